The van der Waals surface area contributed by atoms with Crippen molar-refractivity contribution < 1.29 is 0 Å². The molecule has 0 aromatic heterocycles. The summed E-state index contributed by atoms with van der Waals surface area (Å²) < 4.78 is 0. The highest BCUT2D eigenvalue weighted by atomic mass is 15.5. The molecule has 0 atom stereocenters. The average molecular weight is 425 g/mol. The number of fused-ring (bicyclic) bond motifs is 3. The predicted octanol–water partition coefficient (Wildman–Crippen LogP) is 5.25. The minimum atomic E-state index is 0.362. The maximum Gasteiger partial charge on any atom is 0.0615 e. The van der Waals surface area contributed by atoms with Crippen molar-refractivity contribution in [1.82, 2.24) is 9.91 Å². The zero-order valence-corrected chi connectivity index (χ0v) is 19.1. The Labute approximate surface area is 191 Å². The third-order valence-electron chi connectivity index (χ3n) is 6.85. The number of piperazine rings is 1. The van der Waals surface area contributed by atoms with E-state index in [-0.39, 0.29) is 0 Å². The fraction of sp³-hybridized carbons (Fsp3) is 0.321. The number of hydrogen-bond acceptors (Lipinski definition) is 4. The third-order valence-corrected chi connectivity index (χ3v) is 6.85. The third kappa shape index (κ3) is 3.91. The first-order valence-corrected chi connectivity index (χ1v) is 11.8. The van der Waals surface area contributed by atoms with Gasteiger partial charge in [0.25, 0.3) is 0 Å². The molecule has 1 aliphatic carbocycles. The molecular formula is C28H32N4. The number of rotatable bonds is 6. The second kappa shape index (κ2) is 9.17. The van der Waals surface area contributed by atoms with E-state index in [2.05, 4.69) is 101 Å². The molecule has 3 aromatic rings. The van der Waals surface area contributed by atoms with Crippen LogP contribution in [-0.4, -0.2) is 55.4 Å². The van der Waals surface area contributed by atoms with Crippen molar-refractivity contribution >= 4 is 11.9 Å². The fourth-order valence-electron chi connectivity index (χ4n) is 5.12. The van der Waals surface area contributed by atoms with Gasteiger partial charge in [0.1, 0.15) is 0 Å². The molecule has 0 bridgehead atoms. The van der Waals surface area contributed by atoms with Crippen LogP contribution in [0.25, 0.3) is 11.1 Å². The summed E-state index contributed by atoms with van der Waals surface area (Å²) in [6.45, 7) is 10.4. The van der Waals surface area contributed by atoms with Crippen LogP contribution in [0.5, 0.6) is 0 Å². The van der Waals surface area contributed by atoms with Crippen LogP contribution in [0, 0.1) is 0 Å². The largest absolute Gasteiger partial charge is 0.372 e. The number of hydrogen-bond donors (Lipinski definition) is 0. The van der Waals surface area contributed by atoms with Gasteiger partial charge in [0.15, 0.2) is 0 Å². The quantitative estimate of drug-likeness (QED) is 0.504. The fourth-order valence-corrected chi connectivity index (χ4v) is 5.12. The molecular weight excluding hydrogens is 392 g/mol. The summed E-state index contributed by atoms with van der Waals surface area (Å²) in [7, 11) is 0. The van der Waals surface area contributed by atoms with E-state index in [4.69, 9.17) is 5.10 Å². The van der Waals surface area contributed by atoms with Crippen LogP contribution in [0.3, 0.4) is 0 Å². The molecule has 3 aromatic carbocycles. The Balaban J connectivity index is 1.24. The van der Waals surface area contributed by atoms with Gasteiger partial charge in [-0.2, -0.15) is 5.10 Å². The van der Waals surface area contributed by atoms with Gasteiger partial charge in [-0.05, 0) is 53.8 Å². The van der Waals surface area contributed by atoms with Gasteiger partial charge in [-0.25, -0.2) is 0 Å². The molecule has 164 valence electrons. The molecule has 1 aliphatic heterocycles. The molecule has 0 N–H and O–H groups in total. The van der Waals surface area contributed by atoms with Gasteiger partial charge in [0.2, 0.25) is 0 Å². The van der Waals surface area contributed by atoms with E-state index in [0.29, 0.717) is 6.04 Å². The van der Waals surface area contributed by atoms with Crippen LogP contribution in [0.4, 0.5) is 5.69 Å². The molecule has 0 amide bonds. The highest BCUT2D eigenvalue weighted by molar-refractivity contribution is 5.80. The molecule has 4 heteroatoms. The maximum atomic E-state index is 4.79. The first kappa shape index (κ1) is 20.8. The van der Waals surface area contributed by atoms with Crippen molar-refractivity contribution in [2.24, 2.45) is 5.10 Å². The minimum Gasteiger partial charge on any atom is -0.372 e. The van der Waals surface area contributed by atoms with Crippen LogP contribution >= 0.6 is 0 Å². The van der Waals surface area contributed by atoms with E-state index >= 15 is 0 Å². The summed E-state index contributed by atoms with van der Waals surface area (Å²) in [5.74, 6) is 0. The Morgan fingerprint density at radius 2 is 1.34 bits per heavy atom. The van der Waals surface area contributed by atoms with Gasteiger partial charge < -0.3 is 4.90 Å². The molecule has 4 nitrogen and oxygen atoms in total. The van der Waals surface area contributed by atoms with Gasteiger partial charge in [-0.15, -0.1) is 0 Å². The summed E-state index contributed by atoms with van der Waals surface area (Å²) in [5, 5.41) is 7.00. The zero-order valence-electron chi connectivity index (χ0n) is 19.1. The van der Waals surface area contributed by atoms with E-state index in [1.807, 2.05) is 6.21 Å². The van der Waals surface area contributed by atoms with E-state index in [1.165, 1.54) is 27.9 Å². The van der Waals surface area contributed by atoms with Crippen molar-refractivity contribution in [2.45, 2.75) is 19.9 Å². The summed E-state index contributed by atoms with van der Waals surface area (Å²) >= 11 is 0. The normalized spacial score (nSPS) is 16.4. The van der Waals surface area contributed by atoms with Gasteiger partial charge >= 0.3 is 0 Å². The lowest BCUT2D eigenvalue weighted by Crippen LogP contribution is -2.45. The lowest BCUT2D eigenvalue weighted by atomic mass is 10.0. The predicted molar refractivity (Wildman–Crippen MR) is 134 cm³/mol. The standard InChI is InChI=1S/C28H32N4/c1-3-30(4-2)23-15-13-22(14-16-23)21-29-32-19-17-31(18-20-32)28-26-11-7-5-9-24(26)25-10-6-8-12-27(25)28/h5-16,21,28H,3-4,17-20H2,1-2H3/b29-21+. The second-order valence-electron chi connectivity index (χ2n) is 8.58. The van der Waals surface area contributed by atoms with Crippen molar-refractivity contribution in [3.8, 4) is 11.1 Å². The molecule has 0 saturated carbocycles. The van der Waals surface area contributed by atoms with Gasteiger partial charge in [-0.3, -0.25) is 9.91 Å². The SMILES string of the molecule is CCN(CC)c1ccc(/C=N/N2CCN(C3c4ccccc4-c4ccccc43)CC2)cc1. The van der Waals surface area contributed by atoms with Gasteiger partial charge in [0, 0.05) is 45.0 Å². The average Bonchev–Trinajstić information content (AvgIpc) is 3.19. The van der Waals surface area contributed by atoms with Crippen LogP contribution in [0.2, 0.25) is 0 Å². The first-order valence-electron chi connectivity index (χ1n) is 11.8. The summed E-state index contributed by atoms with van der Waals surface area (Å²) in [5.41, 5.74) is 8.10. The van der Waals surface area contributed by atoms with Gasteiger partial charge in [0.05, 0.1) is 12.3 Å². The number of anilines is 1. The summed E-state index contributed by atoms with van der Waals surface area (Å²) in [6, 6.07) is 26.9. The van der Waals surface area contributed by atoms with E-state index < -0.39 is 0 Å². The highest BCUT2D eigenvalue weighted by Crippen LogP contribution is 2.46. The second-order valence-corrected chi connectivity index (χ2v) is 8.58. The van der Waals surface area contributed by atoms with Crippen LogP contribution in [0.15, 0.2) is 77.9 Å². The van der Waals surface area contributed by atoms with Crippen LogP contribution < -0.4 is 4.90 Å². The molecule has 2 aliphatic rings. The monoisotopic (exact) mass is 424 g/mol. The lowest BCUT2D eigenvalue weighted by molar-refractivity contribution is 0.114. The Hall–Kier alpha value is -3.11. The van der Waals surface area contributed by atoms with Crippen molar-refractivity contribution in [2.75, 3.05) is 44.2 Å². The minimum absolute atomic E-state index is 0.362. The Kier molecular flexibility index (Phi) is 5.95. The topological polar surface area (TPSA) is 22.1 Å². The molecule has 1 fully saturated rings. The van der Waals surface area contributed by atoms with Crippen molar-refractivity contribution in [3.63, 3.8) is 0 Å². The molecule has 1 heterocycles. The number of hydrazone groups is 1. The van der Waals surface area contributed by atoms with Gasteiger partial charge in [-0.1, -0.05) is 60.7 Å². The smallest absolute Gasteiger partial charge is 0.0615 e. The molecule has 0 radical (unpaired) electrons. The number of nitrogens with zero attached hydrogens (tertiary/aromatic N) is 4. The molecule has 0 unspecified atom stereocenters. The van der Waals surface area contributed by atoms with E-state index in [0.717, 1.165) is 44.8 Å². The Morgan fingerprint density at radius 1 is 0.781 bits per heavy atom. The van der Waals surface area contributed by atoms with E-state index in [1.54, 1.807) is 0 Å². The zero-order chi connectivity index (χ0) is 21.9. The van der Waals surface area contributed by atoms with Crippen molar-refractivity contribution in [3.05, 3.63) is 89.5 Å². The summed E-state index contributed by atoms with van der Waals surface area (Å²) in [4.78, 5) is 4.98. The molecule has 0 spiro atoms. The maximum absolute atomic E-state index is 4.79. The highest BCUT2D eigenvalue weighted by Gasteiger charge is 2.33. The molecule has 32 heavy (non-hydrogen) atoms. The Bertz CT molecular complexity index is 1030. The number of benzene rings is 3. The molecule has 5 rings (SSSR count). The molecule has 1 saturated heterocycles. The van der Waals surface area contributed by atoms with Crippen molar-refractivity contribution in [1.29, 1.82) is 0 Å². The lowest BCUT2D eigenvalue weighted by Gasteiger charge is -2.37. The Morgan fingerprint density at radius 3 is 1.91 bits per heavy atom. The van der Waals surface area contributed by atoms with Crippen LogP contribution in [0.1, 0.15) is 36.6 Å². The van der Waals surface area contributed by atoms with Crippen LogP contribution in [-0.2, 0) is 0 Å². The van der Waals surface area contributed by atoms with E-state index in [9.17, 15) is 0 Å². The first-order chi connectivity index (χ1) is 15.8. The summed E-state index contributed by atoms with van der Waals surface area (Å²) in [6.07, 6.45) is 2.00.